The molecule has 0 radical (unpaired) electrons. The molecule has 2 bridgehead atoms. The number of carbonyl (C=O) groups is 2. The maximum atomic E-state index is 12.4. The van der Waals surface area contributed by atoms with Crippen molar-refractivity contribution >= 4 is 23.4 Å². The number of nitrogens with one attached hydrogen (secondary N) is 2. The number of hydrogen-bond acceptors (Lipinski definition) is 6. The van der Waals surface area contributed by atoms with Crippen LogP contribution >= 0.6 is 11.6 Å². The van der Waals surface area contributed by atoms with E-state index in [4.69, 9.17) is 11.6 Å². The first-order chi connectivity index (χ1) is 14.0. The van der Waals surface area contributed by atoms with Crippen LogP contribution in [0, 0.1) is 0 Å². The highest BCUT2D eigenvalue weighted by atomic mass is 35.5. The fourth-order valence-corrected chi connectivity index (χ4v) is 4.42. The van der Waals surface area contributed by atoms with Crippen molar-refractivity contribution in [1.29, 1.82) is 0 Å². The maximum absolute atomic E-state index is 12.4. The maximum Gasteiger partial charge on any atom is 0.269 e. The number of nitrogens with zero attached hydrogens (tertiary/aromatic N) is 4. The summed E-state index contributed by atoms with van der Waals surface area (Å²) in [7, 11) is 1.54. The number of aromatic nitrogens is 3. The average molecular weight is 413 g/mol. The second kappa shape index (κ2) is 7.88. The lowest BCUT2D eigenvalue weighted by Crippen LogP contribution is -2.55. The summed E-state index contributed by atoms with van der Waals surface area (Å²) in [6.07, 6.45) is 4.57. The van der Waals surface area contributed by atoms with Crippen LogP contribution in [0.5, 0.6) is 0 Å². The number of rotatable bonds is 4. The molecule has 8 nitrogen and oxygen atoms in total. The molecule has 2 aromatic heterocycles. The minimum Gasteiger partial charge on any atom is -0.354 e. The molecule has 4 heterocycles. The van der Waals surface area contributed by atoms with E-state index in [2.05, 4.69) is 32.2 Å². The van der Waals surface area contributed by atoms with Crippen molar-refractivity contribution in [2.75, 3.05) is 13.6 Å². The van der Waals surface area contributed by atoms with Gasteiger partial charge in [-0.2, -0.15) is 0 Å². The van der Waals surface area contributed by atoms with Gasteiger partial charge in [0.1, 0.15) is 17.2 Å². The molecule has 2 aliphatic heterocycles. The van der Waals surface area contributed by atoms with E-state index < -0.39 is 0 Å². The van der Waals surface area contributed by atoms with Gasteiger partial charge in [-0.05, 0) is 42.7 Å². The predicted molar refractivity (Wildman–Crippen MR) is 108 cm³/mol. The van der Waals surface area contributed by atoms with Crippen molar-refractivity contribution in [1.82, 2.24) is 30.5 Å². The Morgan fingerprint density at radius 3 is 2.86 bits per heavy atom. The minimum absolute atomic E-state index is 0.0254. The van der Waals surface area contributed by atoms with E-state index in [0.29, 0.717) is 23.1 Å². The number of fused-ring (bicyclic) bond motifs is 2. The summed E-state index contributed by atoms with van der Waals surface area (Å²) in [6, 6.07) is 5.42. The highest BCUT2D eigenvalue weighted by Gasteiger charge is 2.44. The summed E-state index contributed by atoms with van der Waals surface area (Å²) in [4.78, 5) is 38.8. The molecule has 2 aromatic rings. The first-order valence-corrected chi connectivity index (χ1v) is 9.79. The third-order valence-corrected chi connectivity index (χ3v) is 5.69. The van der Waals surface area contributed by atoms with Crippen LogP contribution in [0.25, 0.3) is 11.4 Å². The molecular formula is C20H21ClN6O2. The Labute approximate surface area is 173 Å². The monoisotopic (exact) mass is 412 g/mol. The molecule has 2 N–H and O–H groups in total. The van der Waals surface area contributed by atoms with E-state index in [0.717, 1.165) is 18.4 Å². The fourth-order valence-electron chi connectivity index (χ4n) is 4.20. The van der Waals surface area contributed by atoms with Gasteiger partial charge in [-0.25, -0.2) is 15.0 Å². The molecule has 2 fully saturated rings. The molecule has 2 aliphatic rings. The van der Waals surface area contributed by atoms with E-state index in [1.165, 1.54) is 12.4 Å². The molecule has 0 saturated carbocycles. The zero-order chi connectivity index (χ0) is 20.5. The van der Waals surface area contributed by atoms with Crippen LogP contribution in [0.2, 0.25) is 5.15 Å². The third kappa shape index (κ3) is 3.61. The van der Waals surface area contributed by atoms with Gasteiger partial charge >= 0.3 is 0 Å². The third-order valence-electron chi connectivity index (χ3n) is 5.50. The van der Waals surface area contributed by atoms with E-state index in [-0.39, 0.29) is 35.6 Å². The van der Waals surface area contributed by atoms with Gasteiger partial charge in [0.15, 0.2) is 0 Å². The van der Waals surface area contributed by atoms with E-state index in [1.54, 1.807) is 19.2 Å². The van der Waals surface area contributed by atoms with Crippen LogP contribution in [0.4, 0.5) is 0 Å². The molecule has 3 atom stereocenters. The lowest BCUT2D eigenvalue weighted by atomic mass is 9.96. The van der Waals surface area contributed by atoms with Crippen LogP contribution in [0.15, 0.2) is 37.2 Å². The predicted octanol–water partition coefficient (Wildman–Crippen LogP) is 1.74. The topological polar surface area (TPSA) is 100 Å². The van der Waals surface area contributed by atoms with Gasteiger partial charge in [0.25, 0.3) is 5.91 Å². The average Bonchev–Trinajstić information content (AvgIpc) is 3.04. The molecule has 9 heteroatoms. The van der Waals surface area contributed by atoms with Crippen LogP contribution < -0.4 is 10.6 Å². The molecule has 2 amide bonds. The Morgan fingerprint density at radius 1 is 1.28 bits per heavy atom. The number of halogens is 1. The van der Waals surface area contributed by atoms with Crippen molar-refractivity contribution < 1.29 is 9.59 Å². The summed E-state index contributed by atoms with van der Waals surface area (Å²) in [5.74, 6) is -0.351. The Morgan fingerprint density at radius 2 is 2.10 bits per heavy atom. The van der Waals surface area contributed by atoms with Crippen LogP contribution in [-0.2, 0) is 4.79 Å². The second-order valence-electron chi connectivity index (χ2n) is 7.11. The minimum atomic E-state index is -0.305. The van der Waals surface area contributed by atoms with Gasteiger partial charge in [0.2, 0.25) is 5.91 Å². The molecular weight excluding hydrogens is 392 g/mol. The van der Waals surface area contributed by atoms with E-state index in [1.807, 2.05) is 11.0 Å². The first-order valence-electron chi connectivity index (χ1n) is 9.42. The number of pyridine rings is 1. The van der Waals surface area contributed by atoms with Crippen LogP contribution in [0.1, 0.15) is 34.9 Å². The molecule has 0 aliphatic carbocycles. The van der Waals surface area contributed by atoms with Crippen molar-refractivity contribution in [3.8, 4) is 11.4 Å². The van der Waals surface area contributed by atoms with Gasteiger partial charge in [0, 0.05) is 19.6 Å². The summed E-state index contributed by atoms with van der Waals surface area (Å²) < 4.78 is 0. The number of hydrogen-bond donors (Lipinski definition) is 2. The van der Waals surface area contributed by atoms with Crippen LogP contribution in [0.3, 0.4) is 0 Å². The molecule has 0 aromatic carbocycles. The summed E-state index contributed by atoms with van der Waals surface area (Å²) in [6.45, 7) is 4.35. The van der Waals surface area contributed by atoms with Crippen molar-refractivity contribution in [2.24, 2.45) is 0 Å². The zero-order valence-electron chi connectivity index (χ0n) is 15.9. The van der Waals surface area contributed by atoms with Gasteiger partial charge in [0.05, 0.1) is 23.5 Å². The zero-order valence-corrected chi connectivity index (χ0v) is 16.7. The Kier molecular flexibility index (Phi) is 5.29. The summed E-state index contributed by atoms with van der Waals surface area (Å²) in [5, 5.41) is 6.40. The molecule has 2 saturated heterocycles. The van der Waals surface area contributed by atoms with Crippen molar-refractivity contribution in [3.05, 3.63) is 53.6 Å². The van der Waals surface area contributed by atoms with Gasteiger partial charge in [-0.15, -0.1) is 0 Å². The molecule has 150 valence electrons. The normalized spacial score (nSPS) is 23.0. The van der Waals surface area contributed by atoms with Gasteiger partial charge < -0.3 is 15.5 Å². The Bertz CT molecular complexity index is 981. The standard InChI is InChI=1S/C20H21ClN6O2/c1-3-18(28)27-12-4-5-16(27)19(23-9-12)11-6-14(26-17(21)7-11)13-8-15(20(29)22-2)25-10-24-13/h3,6-8,10,12,16,19,23H,1,4-5,9H2,2H3,(H,22,29)/t12-,16+,19+/m0/s1. The highest BCUT2D eigenvalue weighted by Crippen LogP contribution is 2.38. The van der Waals surface area contributed by atoms with Crippen molar-refractivity contribution in [3.63, 3.8) is 0 Å². The SMILES string of the molecule is C=CC(=O)N1[C@H]2CC[C@@H]1[C@@H](c1cc(Cl)nc(-c3cc(C(=O)NC)ncn3)c1)NC2. The quantitative estimate of drug-likeness (QED) is 0.586. The number of piperazine rings is 1. The molecule has 0 spiro atoms. The Hall–Kier alpha value is -2.84. The summed E-state index contributed by atoms with van der Waals surface area (Å²) in [5.41, 5.74) is 2.22. The lowest BCUT2D eigenvalue weighted by molar-refractivity contribution is -0.130. The lowest BCUT2D eigenvalue weighted by Gasteiger charge is -2.40. The van der Waals surface area contributed by atoms with Crippen molar-refractivity contribution in [2.45, 2.75) is 31.0 Å². The highest BCUT2D eigenvalue weighted by molar-refractivity contribution is 6.29. The van der Waals surface area contributed by atoms with Gasteiger partial charge in [-0.3, -0.25) is 9.59 Å². The van der Waals surface area contributed by atoms with E-state index >= 15 is 0 Å². The molecule has 29 heavy (non-hydrogen) atoms. The van der Waals surface area contributed by atoms with Crippen LogP contribution in [-0.4, -0.2) is 57.3 Å². The van der Waals surface area contributed by atoms with Gasteiger partial charge in [-0.1, -0.05) is 18.2 Å². The largest absolute Gasteiger partial charge is 0.354 e. The Balaban J connectivity index is 1.70. The fraction of sp³-hybridized carbons (Fsp3) is 0.350. The molecule has 0 unspecified atom stereocenters. The first kappa shape index (κ1) is 19.5. The smallest absolute Gasteiger partial charge is 0.269 e. The van der Waals surface area contributed by atoms with E-state index in [9.17, 15) is 9.59 Å². The second-order valence-corrected chi connectivity index (χ2v) is 7.50. The molecule has 4 rings (SSSR count). The summed E-state index contributed by atoms with van der Waals surface area (Å²) >= 11 is 6.32. The number of amides is 2. The number of carbonyl (C=O) groups excluding carboxylic acids is 2.